The second-order valence-corrected chi connectivity index (χ2v) is 7.12. The Labute approximate surface area is 133 Å². The molecule has 1 aliphatic rings. The molecule has 0 aliphatic carbocycles. The van der Waals surface area contributed by atoms with Crippen molar-refractivity contribution in [2.24, 2.45) is 5.41 Å². The number of carbonyl (C=O) groups excluding carboxylic acids is 1. The minimum absolute atomic E-state index is 0.220. The van der Waals surface area contributed by atoms with Gasteiger partial charge in [-0.05, 0) is 12.0 Å². The van der Waals surface area contributed by atoms with E-state index in [1.807, 2.05) is 56.0 Å². The second-order valence-electron chi connectivity index (χ2n) is 7.12. The summed E-state index contributed by atoms with van der Waals surface area (Å²) >= 11 is 0. The molecule has 0 aromatic heterocycles. The Bertz CT molecular complexity index is 482. The molecule has 1 aromatic carbocycles. The summed E-state index contributed by atoms with van der Waals surface area (Å²) in [5, 5.41) is 10.3. The van der Waals surface area contributed by atoms with Crippen LogP contribution in [0, 0.1) is 5.41 Å². The van der Waals surface area contributed by atoms with Crippen LogP contribution in [0.4, 0.5) is 0 Å². The molecule has 2 rings (SSSR count). The highest BCUT2D eigenvalue weighted by Crippen LogP contribution is 2.20. The first-order chi connectivity index (χ1) is 10.4. The molecule has 22 heavy (non-hydrogen) atoms. The van der Waals surface area contributed by atoms with E-state index in [0.29, 0.717) is 6.54 Å². The quantitative estimate of drug-likeness (QED) is 0.932. The van der Waals surface area contributed by atoms with Gasteiger partial charge in [0.15, 0.2) is 0 Å². The molecule has 0 saturated carbocycles. The fraction of sp³-hybridized carbons (Fsp3) is 0.611. The molecule has 1 aromatic rings. The predicted octanol–water partition coefficient (Wildman–Crippen LogP) is 2.30. The van der Waals surface area contributed by atoms with Gasteiger partial charge in [-0.15, -0.1) is 0 Å². The molecule has 1 heterocycles. The van der Waals surface area contributed by atoms with Crippen molar-refractivity contribution >= 4 is 5.91 Å². The molecule has 1 fully saturated rings. The number of aliphatic hydroxyl groups is 1. The molecule has 1 amide bonds. The van der Waals surface area contributed by atoms with Gasteiger partial charge in [0, 0.05) is 38.1 Å². The van der Waals surface area contributed by atoms with E-state index in [-0.39, 0.29) is 11.3 Å². The van der Waals surface area contributed by atoms with Gasteiger partial charge in [0.2, 0.25) is 5.91 Å². The average Bonchev–Trinajstić information content (AvgIpc) is 2.72. The number of β-amino-alcohol motifs (C(OH)–C–C–N with tert-alkyl or cyclic N) is 1. The van der Waals surface area contributed by atoms with Crippen molar-refractivity contribution in [3.05, 3.63) is 35.9 Å². The number of amides is 1. The number of rotatable bonds is 3. The molecular formula is C18H28N2O2. The van der Waals surface area contributed by atoms with Crippen molar-refractivity contribution in [3.8, 4) is 0 Å². The lowest BCUT2D eigenvalue weighted by atomic mass is 9.94. The smallest absolute Gasteiger partial charge is 0.227 e. The lowest BCUT2D eigenvalue weighted by Gasteiger charge is -2.28. The van der Waals surface area contributed by atoms with E-state index in [1.54, 1.807) is 0 Å². The van der Waals surface area contributed by atoms with Crippen LogP contribution < -0.4 is 0 Å². The number of nitrogens with zero attached hydrogens (tertiary/aromatic N) is 2. The third kappa shape index (κ3) is 4.55. The van der Waals surface area contributed by atoms with E-state index in [2.05, 4.69) is 4.90 Å². The normalized spacial score (nSPS) is 18.8. The van der Waals surface area contributed by atoms with Gasteiger partial charge in [0.05, 0.1) is 6.10 Å². The molecule has 1 saturated heterocycles. The summed E-state index contributed by atoms with van der Waals surface area (Å²) < 4.78 is 0. The second kappa shape index (κ2) is 7.25. The Morgan fingerprint density at radius 3 is 2.45 bits per heavy atom. The van der Waals surface area contributed by atoms with Gasteiger partial charge in [0.1, 0.15) is 0 Å². The van der Waals surface area contributed by atoms with Crippen molar-refractivity contribution in [2.45, 2.75) is 33.3 Å². The van der Waals surface area contributed by atoms with Crippen molar-refractivity contribution in [1.82, 2.24) is 9.80 Å². The van der Waals surface area contributed by atoms with E-state index >= 15 is 0 Å². The Kier molecular flexibility index (Phi) is 5.59. The Hall–Kier alpha value is -1.39. The van der Waals surface area contributed by atoms with Crippen LogP contribution >= 0.6 is 0 Å². The molecule has 1 N–H and O–H groups in total. The highest BCUT2D eigenvalue weighted by molar-refractivity contribution is 5.81. The molecule has 0 radical (unpaired) electrons. The monoisotopic (exact) mass is 304 g/mol. The van der Waals surface area contributed by atoms with Crippen LogP contribution in [0.5, 0.6) is 0 Å². The number of aliphatic hydroxyl groups excluding tert-OH is 1. The molecule has 1 atom stereocenters. The Morgan fingerprint density at radius 1 is 1.14 bits per heavy atom. The maximum absolute atomic E-state index is 12.4. The first kappa shape index (κ1) is 17.0. The minimum atomic E-state index is -0.467. The molecule has 1 aliphatic heterocycles. The predicted molar refractivity (Wildman–Crippen MR) is 88.5 cm³/mol. The van der Waals surface area contributed by atoms with Crippen molar-refractivity contribution in [3.63, 3.8) is 0 Å². The maximum Gasteiger partial charge on any atom is 0.227 e. The van der Waals surface area contributed by atoms with Gasteiger partial charge in [-0.3, -0.25) is 9.69 Å². The molecule has 4 nitrogen and oxygen atoms in total. The van der Waals surface area contributed by atoms with Gasteiger partial charge in [-0.25, -0.2) is 0 Å². The zero-order valence-electron chi connectivity index (χ0n) is 14.0. The van der Waals surface area contributed by atoms with Gasteiger partial charge in [0.25, 0.3) is 0 Å². The standard InChI is InChI=1S/C18H28N2O2/c1-18(2,3)17(22)20-11-7-10-19(12-13-20)14-16(21)15-8-5-4-6-9-15/h4-6,8-9,16,21H,7,10-14H2,1-3H3/t16-/m0/s1. The number of hydrogen-bond donors (Lipinski definition) is 1. The SMILES string of the molecule is CC(C)(C)C(=O)N1CCCN(C[C@H](O)c2ccccc2)CC1. The number of benzene rings is 1. The van der Waals surface area contributed by atoms with Crippen molar-refractivity contribution in [2.75, 3.05) is 32.7 Å². The third-order valence-electron chi connectivity index (χ3n) is 4.13. The summed E-state index contributed by atoms with van der Waals surface area (Å²) in [5.41, 5.74) is 0.632. The van der Waals surface area contributed by atoms with E-state index in [0.717, 1.165) is 38.2 Å². The highest BCUT2D eigenvalue weighted by atomic mass is 16.3. The van der Waals surface area contributed by atoms with Gasteiger partial charge in [-0.1, -0.05) is 51.1 Å². The fourth-order valence-electron chi connectivity index (χ4n) is 2.86. The van der Waals surface area contributed by atoms with E-state index < -0.39 is 6.10 Å². The first-order valence-corrected chi connectivity index (χ1v) is 8.12. The summed E-state index contributed by atoms with van der Waals surface area (Å²) in [6.07, 6.45) is 0.495. The maximum atomic E-state index is 12.4. The number of carbonyl (C=O) groups is 1. The van der Waals surface area contributed by atoms with Crippen LogP contribution in [0.25, 0.3) is 0 Å². The third-order valence-corrected chi connectivity index (χ3v) is 4.13. The van der Waals surface area contributed by atoms with Crippen molar-refractivity contribution < 1.29 is 9.90 Å². The van der Waals surface area contributed by atoms with Crippen LogP contribution in [0.15, 0.2) is 30.3 Å². The summed E-state index contributed by atoms with van der Waals surface area (Å²) in [4.78, 5) is 16.6. The fourth-order valence-corrected chi connectivity index (χ4v) is 2.86. The summed E-state index contributed by atoms with van der Waals surface area (Å²) in [7, 11) is 0. The van der Waals surface area contributed by atoms with E-state index in [1.165, 1.54) is 0 Å². The van der Waals surface area contributed by atoms with Gasteiger partial charge >= 0.3 is 0 Å². The van der Waals surface area contributed by atoms with Gasteiger partial charge < -0.3 is 10.0 Å². The molecule has 0 spiro atoms. The highest BCUT2D eigenvalue weighted by Gasteiger charge is 2.28. The summed E-state index contributed by atoms with van der Waals surface area (Å²) in [5.74, 6) is 0.220. The van der Waals surface area contributed by atoms with E-state index in [9.17, 15) is 9.90 Å². The molecular weight excluding hydrogens is 276 g/mol. The summed E-state index contributed by atoms with van der Waals surface area (Å²) in [6.45, 7) is 9.85. The first-order valence-electron chi connectivity index (χ1n) is 8.12. The summed E-state index contributed by atoms with van der Waals surface area (Å²) in [6, 6.07) is 9.77. The lowest BCUT2D eigenvalue weighted by molar-refractivity contribution is -0.139. The number of hydrogen-bond acceptors (Lipinski definition) is 3. The zero-order chi connectivity index (χ0) is 16.2. The van der Waals surface area contributed by atoms with Crippen molar-refractivity contribution in [1.29, 1.82) is 0 Å². The van der Waals surface area contributed by atoms with E-state index in [4.69, 9.17) is 0 Å². The van der Waals surface area contributed by atoms with Gasteiger partial charge in [-0.2, -0.15) is 0 Å². The lowest BCUT2D eigenvalue weighted by Crippen LogP contribution is -2.41. The zero-order valence-corrected chi connectivity index (χ0v) is 14.0. The molecule has 0 bridgehead atoms. The molecule has 0 unspecified atom stereocenters. The Morgan fingerprint density at radius 2 is 1.82 bits per heavy atom. The average molecular weight is 304 g/mol. The minimum Gasteiger partial charge on any atom is -0.387 e. The van der Waals surface area contributed by atoms with Crippen LogP contribution in [-0.2, 0) is 4.79 Å². The topological polar surface area (TPSA) is 43.8 Å². The Balaban J connectivity index is 1.89. The van der Waals surface area contributed by atoms with Crippen LogP contribution in [-0.4, -0.2) is 53.5 Å². The molecule has 122 valence electrons. The molecule has 4 heteroatoms. The van der Waals surface area contributed by atoms with Crippen LogP contribution in [0.1, 0.15) is 38.9 Å². The largest absolute Gasteiger partial charge is 0.387 e. The van der Waals surface area contributed by atoms with Crippen LogP contribution in [0.2, 0.25) is 0 Å². The van der Waals surface area contributed by atoms with Crippen LogP contribution in [0.3, 0.4) is 0 Å².